The van der Waals surface area contributed by atoms with Gasteiger partial charge in [0.05, 0.1) is 50.5 Å². The van der Waals surface area contributed by atoms with Gasteiger partial charge in [-0.05, 0) is 0 Å². The molecule has 4 nitrogen and oxygen atoms in total. The van der Waals surface area contributed by atoms with Crippen LogP contribution in [-0.2, 0) is 77.8 Å². The monoisotopic (exact) mass is 354 g/mol. The van der Waals surface area contributed by atoms with E-state index in [0.717, 1.165) is 0 Å². The van der Waals surface area contributed by atoms with Crippen molar-refractivity contribution in [2.24, 2.45) is 0 Å². The van der Waals surface area contributed by atoms with Crippen molar-refractivity contribution in [1.82, 2.24) is 0 Å². The van der Waals surface area contributed by atoms with E-state index in [1.807, 2.05) is 0 Å². The molecular formula is C4H8CdN4S4+6. The summed E-state index contributed by atoms with van der Waals surface area (Å²) in [6, 6.07) is 0. The van der Waals surface area contributed by atoms with Crippen LogP contribution in [0.25, 0.3) is 0 Å². The third-order valence-electron chi connectivity index (χ3n) is 0. The number of hydrogen-bond acceptors (Lipinski definition) is 4. The van der Waals surface area contributed by atoms with Gasteiger partial charge in [-0.3, -0.25) is 0 Å². The smallest absolute Gasteiger partial charge is 0.136 e. The van der Waals surface area contributed by atoms with Crippen LogP contribution < -0.4 is 0 Å². The van der Waals surface area contributed by atoms with Crippen molar-refractivity contribution in [1.29, 1.82) is 21.0 Å². The minimum Gasteiger partial charge on any atom is -0.136 e. The first-order chi connectivity index (χ1) is 5.66. The molecule has 0 radical (unpaired) electrons. The zero-order valence-corrected chi connectivity index (χ0v) is 14.5. The fraction of sp³-hybridized carbons (Fsp3) is 0. The Morgan fingerprint density at radius 1 is 0.538 bits per heavy atom. The van der Waals surface area contributed by atoms with E-state index < -0.39 is 0 Å². The van der Waals surface area contributed by atoms with E-state index in [9.17, 15) is 0 Å². The minimum absolute atomic E-state index is 0. The fourth-order valence-corrected chi connectivity index (χ4v) is 0. The predicted molar refractivity (Wildman–Crippen MR) is 63.1 cm³/mol. The molecule has 0 spiro atoms. The minimum atomic E-state index is 0. The predicted octanol–water partition coefficient (Wildman–Crippen LogP) is -2.09. The Morgan fingerprint density at radius 2 is 0.538 bits per heavy atom. The van der Waals surface area contributed by atoms with Gasteiger partial charge in [0, 0.05) is 0 Å². The van der Waals surface area contributed by atoms with E-state index in [0.29, 0.717) is 0 Å². The normalized spacial score (nSPS) is 2.46. The third kappa shape index (κ3) is 16300. The Bertz CT molecular complexity index is 158. The van der Waals surface area contributed by atoms with Crippen LogP contribution in [-0.4, -0.2) is 0 Å². The van der Waals surface area contributed by atoms with Crippen molar-refractivity contribution in [2.45, 2.75) is 0 Å². The van der Waals surface area contributed by atoms with Crippen LogP contribution in [0.3, 0.4) is 0 Å². The van der Waals surface area contributed by atoms with E-state index in [-0.39, 0.29) is 27.3 Å². The first kappa shape index (κ1) is 29.2. The largest absolute Gasteiger partial charge is 2.00 e. The average molecular weight is 353 g/mol. The van der Waals surface area contributed by atoms with Crippen molar-refractivity contribution >= 4 is 50.5 Å². The Kier molecular flexibility index (Phi) is 192. The number of hydrogen-bond donors (Lipinski definition) is 0. The summed E-state index contributed by atoms with van der Waals surface area (Å²) in [7, 11) is 0. The first-order valence-corrected chi connectivity index (χ1v) is 3.89. The molecule has 0 N–H and O–H groups in total. The molecule has 0 saturated carbocycles. The van der Waals surface area contributed by atoms with Crippen molar-refractivity contribution in [3.8, 4) is 21.6 Å². The van der Waals surface area contributed by atoms with E-state index in [4.69, 9.17) is 21.0 Å². The van der Waals surface area contributed by atoms with Crippen LogP contribution in [0.4, 0.5) is 0 Å². The molecule has 0 saturated heterocycles. The molecule has 0 aliphatic carbocycles. The van der Waals surface area contributed by atoms with E-state index >= 15 is 0 Å². The molecule has 0 amide bonds. The molecule has 64 valence electrons. The molecule has 0 aliphatic heterocycles. The SMILES string of the molecule is N#C[SH2+].N#C[SH2+].N#C[SH2+].N#C[SH2+].[Cd+2]. The van der Waals surface area contributed by atoms with Gasteiger partial charge in [0.2, 0.25) is 0 Å². The summed E-state index contributed by atoms with van der Waals surface area (Å²) >= 11 is 9.96. The van der Waals surface area contributed by atoms with E-state index in [2.05, 4.69) is 50.5 Å². The molecular weight excluding hydrogens is 345 g/mol. The standard InChI is InChI=1S/4CHNS.Cd/c4*2-1-3;/h4*3H;/q;;;;+2/p+4. The van der Waals surface area contributed by atoms with Gasteiger partial charge in [-0.1, -0.05) is 0 Å². The summed E-state index contributed by atoms with van der Waals surface area (Å²) < 4.78 is 0. The Labute approximate surface area is 119 Å². The second-order valence-electron chi connectivity index (χ2n) is 0.447. The molecule has 0 atom stereocenters. The summed E-state index contributed by atoms with van der Waals surface area (Å²) in [4.78, 5) is 0. The van der Waals surface area contributed by atoms with Gasteiger partial charge in [0.1, 0.15) is 0 Å². The second kappa shape index (κ2) is 85.3. The van der Waals surface area contributed by atoms with Gasteiger partial charge < -0.3 is 0 Å². The van der Waals surface area contributed by atoms with Crippen LogP contribution in [0.15, 0.2) is 0 Å². The first-order valence-electron chi connectivity index (χ1n) is 1.89. The maximum absolute atomic E-state index is 7.23. The molecule has 0 aromatic carbocycles. The molecule has 0 heterocycles. The van der Waals surface area contributed by atoms with Gasteiger partial charge in [-0.25, -0.2) is 0 Å². The van der Waals surface area contributed by atoms with Crippen molar-refractivity contribution < 1.29 is 27.3 Å². The summed E-state index contributed by atoms with van der Waals surface area (Å²) in [5, 5.41) is 35.2. The molecule has 0 unspecified atom stereocenters. The molecule has 0 aromatic heterocycles. The number of rotatable bonds is 0. The maximum atomic E-state index is 7.23. The summed E-state index contributed by atoms with van der Waals surface area (Å²) in [5.74, 6) is 0. The summed E-state index contributed by atoms with van der Waals surface area (Å²) in [6.07, 6.45) is 0. The Morgan fingerprint density at radius 3 is 0.538 bits per heavy atom. The molecule has 0 fully saturated rings. The molecule has 9 heteroatoms. The van der Waals surface area contributed by atoms with Crippen molar-refractivity contribution in [3.05, 3.63) is 0 Å². The van der Waals surface area contributed by atoms with Crippen LogP contribution >= 0.6 is 0 Å². The zero-order chi connectivity index (χ0) is 10.8. The van der Waals surface area contributed by atoms with Gasteiger partial charge in [0.15, 0.2) is 0 Å². The molecule has 0 bridgehead atoms. The van der Waals surface area contributed by atoms with Gasteiger partial charge in [-0.15, -0.1) is 21.0 Å². The number of nitrogens with zero attached hydrogens (tertiary/aromatic N) is 4. The molecule has 0 aromatic rings. The number of thiocyanates is 4. The van der Waals surface area contributed by atoms with Crippen molar-refractivity contribution in [2.75, 3.05) is 0 Å². The summed E-state index contributed by atoms with van der Waals surface area (Å²) in [6.45, 7) is 0. The third-order valence-corrected chi connectivity index (χ3v) is 0. The zero-order valence-electron chi connectivity index (χ0n) is 6.50. The quantitative estimate of drug-likeness (QED) is 0.284. The number of nitriles is 4. The molecule has 0 aliphatic rings. The van der Waals surface area contributed by atoms with Crippen LogP contribution in [0.5, 0.6) is 0 Å². The van der Waals surface area contributed by atoms with Gasteiger partial charge in [0.25, 0.3) is 0 Å². The molecule has 13 heavy (non-hydrogen) atoms. The Balaban J connectivity index is -0.0000000213. The fourth-order valence-electron chi connectivity index (χ4n) is 0. The van der Waals surface area contributed by atoms with Gasteiger partial charge in [-0.2, -0.15) is 0 Å². The second-order valence-corrected chi connectivity index (χ2v) is 1.34. The van der Waals surface area contributed by atoms with E-state index in [1.165, 1.54) is 0 Å². The topological polar surface area (TPSA) is 95.2 Å². The summed E-state index contributed by atoms with van der Waals surface area (Å²) in [5.41, 5.74) is 0. The maximum Gasteiger partial charge on any atom is 2.00 e. The Hall–Kier alpha value is 0.282. The van der Waals surface area contributed by atoms with Crippen LogP contribution in [0.1, 0.15) is 0 Å². The van der Waals surface area contributed by atoms with Crippen LogP contribution in [0.2, 0.25) is 0 Å². The van der Waals surface area contributed by atoms with Crippen LogP contribution in [0, 0.1) is 42.7 Å². The van der Waals surface area contributed by atoms with Gasteiger partial charge >= 0.3 is 48.9 Å². The van der Waals surface area contributed by atoms with Crippen molar-refractivity contribution in [3.63, 3.8) is 0 Å². The van der Waals surface area contributed by atoms with E-state index in [1.54, 1.807) is 21.6 Å². The molecule has 0 rings (SSSR count). The average Bonchev–Trinajstić information content (AvgIpc) is 1.92.